The van der Waals surface area contributed by atoms with E-state index in [4.69, 9.17) is 0 Å². The normalized spacial score (nSPS) is 12.9. The van der Waals surface area contributed by atoms with Gasteiger partial charge in [0.1, 0.15) is 0 Å². The van der Waals surface area contributed by atoms with Crippen LogP contribution in [-0.4, -0.2) is 12.3 Å². The van der Waals surface area contributed by atoms with Gasteiger partial charge >= 0.3 is 0 Å². The van der Waals surface area contributed by atoms with Gasteiger partial charge < -0.3 is 5.32 Å². The first-order valence-corrected chi connectivity index (χ1v) is 8.92. The van der Waals surface area contributed by atoms with Crippen LogP contribution in [0.15, 0.2) is 27.6 Å². The highest BCUT2D eigenvalue weighted by Crippen LogP contribution is 2.30. The van der Waals surface area contributed by atoms with E-state index >= 15 is 0 Å². The first kappa shape index (κ1) is 17.1. The van der Waals surface area contributed by atoms with Gasteiger partial charge in [0.05, 0.1) is 0 Å². The number of thioether (sulfide) groups is 1. The number of hydrogen-bond acceptors (Lipinski definition) is 2. The van der Waals surface area contributed by atoms with Crippen LogP contribution in [-0.2, 0) is 6.54 Å². The maximum atomic E-state index is 3.69. The van der Waals surface area contributed by atoms with E-state index in [1.54, 1.807) is 0 Å². The van der Waals surface area contributed by atoms with Crippen molar-refractivity contribution in [2.24, 2.45) is 11.8 Å². The van der Waals surface area contributed by atoms with Gasteiger partial charge in [0.15, 0.2) is 0 Å². The van der Waals surface area contributed by atoms with E-state index in [2.05, 4.69) is 67.1 Å². The summed E-state index contributed by atoms with van der Waals surface area (Å²) in [5.74, 6) is 2.68. The predicted molar refractivity (Wildman–Crippen MR) is 90.9 cm³/mol. The SMILES string of the molecule is CCC(C)CSc1ccc(CNCC(C)C)cc1Br. The van der Waals surface area contributed by atoms with E-state index in [-0.39, 0.29) is 0 Å². The molecule has 0 saturated carbocycles. The highest BCUT2D eigenvalue weighted by Gasteiger charge is 2.05. The molecule has 1 atom stereocenters. The summed E-state index contributed by atoms with van der Waals surface area (Å²) in [6, 6.07) is 6.72. The molecule has 0 fully saturated rings. The Balaban J connectivity index is 2.49. The molecule has 1 nitrogen and oxygen atoms in total. The van der Waals surface area contributed by atoms with Crippen molar-refractivity contribution in [1.29, 1.82) is 0 Å². The molecule has 0 amide bonds. The molecule has 0 spiro atoms. The number of hydrogen-bond donors (Lipinski definition) is 1. The number of rotatable bonds is 8. The minimum atomic E-state index is 0.703. The van der Waals surface area contributed by atoms with Crippen molar-refractivity contribution in [3.63, 3.8) is 0 Å². The second-order valence-electron chi connectivity index (χ2n) is 5.61. The van der Waals surface area contributed by atoms with Crippen LogP contribution in [0.3, 0.4) is 0 Å². The fourth-order valence-corrected chi connectivity index (χ4v) is 3.46. The molecule has 0 aliphatic carbocycles. The Kier molecular flexibility index (Phi) is 8.12. The summed E-state index contributed by atoms with van der Waals surface area (Å²) in [5.41, 5.74) is 1.35. The van der Waals surface area contributed by atoms with Crippen LogP contribution < -0.4 is 5.32 Å². The van der Waals surface area contributed by atoms with E-state index < -0.39 is 0 Å². The van der Waals surface area contributed by atoms with Crippen molar-refractivity contribution in [3.8, 4) is 0 Å². The monoisotopic (exact) mass is 343 g/mol. The minimum Gasteiger partial charge on any atom is -0.312 e. The zero-order chi connectivity index (χ0) is 14.3. The first-order chi connectivity index (χ1) is 9.02. The number of halogens is 1. The summed E-state index contributed by atoms with van der Waals surface area (Å²) >= 11 is 5.64. The zero-order valence-corrected chi connectivity index (χ0v) is 14.9. The summed E-state index contributed by atoms with van der Waals surface area (Å²) in [6.45, 7) is 11.1. The molecule has 0 aromatic heterocycles. The molecule has 19 heavy (non-hydrogen) atoms. The summed E-state index contributed by atoms with van der Waals surface area (Å²) < 4.78 is 1.23. The van der Waals surface area contributed by atoms with Gasteiger partial charge in [-0.3, -0.25) is 0 Å². The fraction of sp³-hybridized carbons (Fsp3) is 0.625. The maximum Gasteiger partial charge on any atom is 0.0314 e. The van der Waals surface area contributed by atoms with Crippen molar-refractivity contribution in [3.05, 3.63) is 28.2 Å². The summed E-state index contributed by atoms with van der Waals surface area (Å²) in [5, 5.41) is 3.48. The van der Waals surface area contributed by atoms with Gasteiger partial charge in [-0.1, -0.05) is 40.2 Å². The van der Waals surface area contributed by atoms with Crippen molar-refractivity contribution in [2.75, 3.05) is 12.3 Å². The van der Waals surface area contributed by atoms with E-state index in [1.807, 2.05) is 11.8 Å². The molecule has 1 N–H and O–H groups in total. The molecule has 0 heterocycles. The lowest BCUT2D eigenvalue weighted by Crippen LogP contribution is -2.18. The van der Waals surface area contributed by atoms with Crippen molar-refractivity contribution in [1.82, 2.24) is 5.32 Å². The third kappa shape index (κ3) is 6.82. The largest absolute Gasteiger partial charge is 0.312 e. The van der Waals surface area contributed by atoms with Crippen LogP contribution in [0.2, 0.25) is 0 Å². The van der Waals surface area contributed by atoms with Crippen LogP contribution >= 0.6 is 27.7 Å². The van der Waals surface area contributed by atoms with Crippen LogP contribution in [0.5, 0.6) is 0 Å². The molecule has 0 aliphatic heterocycles. The highest BCUT2D eigenvalue weighted by molar-refractivity contribution is 9.10. The summed E-state index contributed by atoms with van der Waals surface area (Å²) in [7, 11) is 0. The summed E-state index contributed by atoms with van der Waals surface area (Å²) in [6.07, 6.45) is 1.25. The Bertz CT molecular complexity index is 379. The van der Waals surface area contributed by atoms with Gasteiger partial charge in [0.25, 0.3) is 0 Å². The second-order valence-corrected chi connectivity index (χ2v) is 7.53. The van der Waals surface area contributed by atoms with Crippen LogP contribution in [0, 0.1) is 11.8 Å². The van der Waals surface area contributed by atoms with Crippen LogP contribution in [0.4, 0.5) is 0 Å². The number of nitrogens with one attached hydrogen (secondary N) is 1. The lowest BCUT2D eigenvalue weighted by Gasteiger charge is -2.11. The third-order valence-corrected chi connectivity index (χ3v) is 5.42. The zero-order valence-electron chi connectivity index (χ0n) is 12.5. The van der Waals surface area contributed by atoms with Crippen molar-refractivity contribution < 1.29 is 0 Å². The Labute approximate surface area is 131 Å². The average Bonchev–Trinajstić information content (AvgIpc) is 2.37. The molecule has 1 aromatic rings. The van der Waals surface area contributed by atoms with Gasteiger partial charge in [-0.05, 0) is 52.0 Å². The molecular formula is C16H26BrNS. The smallest absolute Gasteiger partial charge is 0.0314 e. The van der Waals surface area contributed by atoms with Crippen molar-refractivity contribution in [2.45, 2.75) is 45.6 Å². The molecule has 0 aliphatic rings. The molecular weight excluding hydrogens is 318 g/mol. The quantitative estimate of drug-likeness (QED) is 0.640. The molecule has 0 saturated heterocycles. The fourth-order valence-electron chi connectivity index (χ4n) is 1.63. The van der Waals surface area contributed by atoms with E-state index in [9.17, 15) is 0 Å². The van der Waals surface area contributed by atoms with E-state index in [0.717, 1.165) is 19.0 Å². The topological polar surface area (TPSA) is 12.0 Å². The van der Waals surface area contributed by atoms with Crippen LogP contribution in [0.1, 0.15) is 39.7 Å². The molecule has 1 aromatic carbocycles. The second kappa shape index (κ2) is 9.04. The minimum absolute atomic E-state index is 0.703. The van der Waals surface area contributed by atoms with Crippen molar-refractivity contribution >= 4 is 27.7 Å². The third-order valence-electron chi connectivity index (χ3n) is 3.10. The molecule has 0 radical (unpaired) electrons. The summed E-state index contributed by atoms with van der Waals surface area (Å²) in [4.78, 5) is 1.35. The molecule has 3 heteroatoms. The van der Waals surface area contributed by atoms with Gasteiger partial charge in [-0.2, -0.15) is 0 Å². The average molecular weight is 344 g/mol. The Morgan fingerprint density at radius 1 is 1.26 bits per heavy atom. The Morgan fingerprint density at radius 3 is 2.58 bits per heavy atom. The van der Waals surface area contributed by atoms with Gasteiger partial charge in [-0.15, -0.1) is 11.8 Å². The molecule has 1 rings (SSSR count). The molecule has 0 bridgehead atoms. The predicted octanol–water partition coefficient (Wildman–Crippen LogP) is 5.33. The lowest BCUT2D eigenvalue weighted by molar-refractivity contribution is 0.552. The highest BCUT2D eigenvalue weighted by atomic mass is 79.9. The Hall–Kier alpha value is 0.01000. The lowest BCUT2D eigenvalue weighted by atomic mass is 10.2. The van der Waals surface area contributed by atoms with Gasteiger partial charge in [0, 0.05) is 21.7 Å². The first-order valence-electron chi connectivity index (χ1n) is 7.14. The Morgan fingerprint density at radius 2 is 2.00 bits per heavy atom. The number of benzene rings is 1. The van der Waals surface area contributed by atoms with Crippen LogP contribution in [0.25, 0.3) is 0 Å². The van der Waals surface area contributed by atoms with E-state index in [0.29, 0.717) is 5.92 Å². The van der Waals surface area contributed by atoms with Gasteiger partial charge in [-0.25, -0.2) is 0 Å². The van der Waals surface area contributed by atoms with E-state index in [1.165, 1.54) is 27.1 Å². The molecule has 108 valence electrons. The maximum absolute atomic E-state index is 3.69. The van der Waals surface area contributed by atoms with Gasteiger partial charge in [0.2, 0.25) is 0 Å². The standard InChI is InChI=1S/C16H26BrNS/c1-5-13(4)11-19-16-7-6-14(8-15(16)17)10-18-9-12(2)3/h6-8,12-13,18H,5,9-11H2,1-4H3. The molecule has 1 unspecified atom stereocenters.